The van der Waals surface area contributed by atoms with Crippen molar-refractivity contribution in [1.29, 1.82) is 0 Å². The van der Waals surface area contributed by atoms with Crippen molar-refractivity contribution in [3.63, 3.8) is 0 Å². The van der Waals surface area contributed by atoms with Crippen LogP contribution in [0, 0.1) is 23.7 Å². The van der Waals surface area contributed by atoms with E-state index in [2.05, 4.69) is 49.5 Å². The number of aliphatic hydroxyl groups is 2. The number of amides is 1. The molecule has 2 saturated heterocycles. The topological polar surface area (TPSA) is 82.1 Å². The molecule has 2 aliphatic heterocycles. The minimum Gasteiger partial charge on any atom is -0.390 e. The van der Waals surface area contributed by atoms with E-state index in [9.17, 15) is 15.0 Å². The molecule has 0 bridgehead atoms. The highest BCUT2D eigenvalue weighted by atomic mass is 16.6. The zero-order chi connectivity index (χ0) is 24.2. The number of epoxide rings is 1. The third kappa shape index (κ3) is 5.54. The Bertz CT molecular complexity index is 926. The molecule has 184 valence electrons. The van der Waals surface area contributed by atoms with Crippen LogP contribution >= 0.6 is 0 Å². The lowest BCUT2D eigenvalue weighted by Crippen LogP contribution is -2.51. The van der Waals surface area contributed by atoms with Gasteiger partial charge in [0.2, 0.25) is 5.91 Å². The molecule has 4 rings (SSSR count). The standard InChI is InChI=1S/C29H39NO4/c1-4-5-6-7-8-9-12-21-17-23(31)27(32)26-19(3)16-20-14-15-24-28(34-24)25(20)18(2)11-10-13-22(26)29(33)30-21/h6-11,13-16,20-28,31-32H,4-5,12,17H2,1-3H3,(H,30,33)/b7-6+,9-8+,13-10?,18-11?,19-16?/t20-,21?,22+,23?,24-,25-,26-,27-,28-/m1/s1. The van der Waals surface area contributed by atoms with Crippen molar-refractivity contribution in [3.05, 3.63) is 71.9 Å². The molecule has 0 spiro atoms. The van der Waals surface area contributed by atoms with Crippen LogP contribution in [0.1, 0.15) is 46.5 Å². The van der Waals surface area contributed by atoms with Gasteiger partial charge in [-0.1, -0.05) is 85.3 Å². The van der Waals surface area contributed by atoms with E-state index in [-0.39, 0.29) is 36.0 Å². The van der Waals surface area contributed by atoms with Crippen LogP contribution in [-0.4, -0.2) is 46.6 Å². The second-order valence-electron chi connectivity index (χ2n) is 10.2. The highest BCUT2D eigenvalue weighted by Gasteiger charge is 2.49. The zero-order valence-corrected chi connectivity index (χ0v) is 20.5. The lowest BCUT2D eigenvalue weighted by atomic mass is 9.72. The fraction of sp³-hybridized carbons (Fsp3) is 0.552. The molecule has 9 atom stereocenters. The Morgan fingerprint density at radius 1 is 1.09 bits per heavy atom. The fourth-order valence-corrected chi connectivity index (χ4v) is 5.71. The molecule has 0 radical (unpaired) electrons. The molecule has 4 aliphatic rings. The summed E-state index contributed by atoms with van der Waals surface area (Å²) in [6.07, 6.45) is 22.0. The Kier molecular flexibility index (Phi) is 8.07. The van der Waals surface area contributed by atoms with E-state index in [1.807, 2.05) is 37.3 Å². The first-order chi connectivity index (χ1) is 16.4. The summed E-state index contributed by atoms with van der Waals surface area (Å²) in [6.45, 7) is 6.24. The summed E-state index contributed by atoms with van der Waals surface area (Å²) in [5.41, 5.74) is 2.16. The summed E-state index contributed by atoms with van der Waals surface area (Å²) in [6, 6.07) is -0.228. The number of hydrogen-bond acceptors (Lipinski definition) is 4. The molecular weight excluding hydrogens is 426 g/mol. The van der Waals surface area contributed by atoms with Crippen LogP contribution in [0.4, 0.5) is 0 Å². The first-order valence-corrected chi connectivity index (χ1v) is 12.8. The van der Waals surface area contributed by atoms with Crippen molar-refractivity contribution in [3.8, 4) is 0 Å². The SMILES string of the molecule is CCC/C=C/C=C/CC1CC(O)[C@@H](O)[C@@H]2C(C)=C[C@H]3C=C[C@H]4O[C@H]4[C@@H]3C(C)=CC=C[C@@H]2C(=O)N1. The van der Waals surface area contributed by atoms with Crippen LogP contribution in [0.3, 0.4) is 0 Å². The zero-order valence-electron chi connectivity index (χ0n) is 20.5. The summed E-state index contributed by atoms with van der Waals surface area (Å²) < 4.78 is 5.85. The van der Waals surface area contributed by atoms with Crippen molar-refractivity contribution in [1.82, 2.24) is 5.32 Å². The molecule has 3 N–H and O–H groups in total. The number of aliphatic hydroxyl groups excluding tert-OH is 2. The van der Waals surface area contributed by atoms with E-state index >= 15 is 0 Å². The summed E-state index contributed by atoms with van der Waals surface area (Å²) in [7, 11) is 0. The first-order valence-electron chi connectivity index (χ1n) is 12.8. The van der Waals surface area contributed by atoms with E-state index in [0.717, 1.165) is 18.4 Å². The van der Waals surface area contributed by atoms with Crippen molar-refractivity contribution in [2.45, 2.75) is 76.9 Å². The van der Waals surface area contributed by atoms with Crippen molar-refractivity contribution in [2.75, 3.05) is 0 Å². The van der Waals surface area contributed by atoms with Crippen molar-refractivity contribution >= 4 is 5.91 Å². The van der Waals surface area contributed by atoms with Gasteiger partial charge in [0.1, 0.15) is 6.10 Å². The van der Waals surface area contributed by atoms with Gasteiger partial charge < -0.3 is 20.3 Å². The van der Waals surface area contributed by atoms with Gasteiger partial charge in [-0.05, 0) is 33.1 Å². The maximum atomic E-state index is 13.4. The number of fused-ring (bicyclic) bond motifs is 4. The van der Waals surface area contributed by atoms with E-state index in [0.29, 0.717) is 12.8 Å². The number of ether oxygens (including phenoxy) is 1. The minimum absolute atomic E-state index is 0.104. The Labute approximate surface area is 203 Å². The third-order valence-corrected chi connectivity index (χ3v) is 7.62. The Morgan fingerprint density at radius 3 is 2.68 bits per heavy atom. The third-order valence-electron chi connectivity index (χ3n) is 7.62. The summed E-state index contributed by atoms with van der Waals surface area (Å²) in [5.74, 6) is -0.761. The van der Waals surface area contributed by atoms with Gasteiger partial charge in [0.25, 0.3) is 0 Å². The van der Waals surface area contributed by atoms with Crippen LogP contribution in [0.5, 0.6) is 0 Å². The van der Waals surface area contributed by atoms with Gasteiger partial charge >= 0.3 is 0 Å². The predicted octanol–water partition coefficient (Wildman–Crippen LogP) is 4.16. The molecule has 0 aromatic carbocycles. The average Bonchev–Trinajstić information content (AvgIpc) is 3.58. The quantitative estimate of drug-likeness (QED) is 0.323. The number of hydrogen-bond donors (Lipinski definition) is 3. The number of unbranched alkanes of at least 4 members (excludes halogenated alkanes) is 1. The Morgan fingerprint density at radius 2 is 1.88 bits per heavy atom. The van der Waals surface area contributed by atoms with Crippen molar-refractivity contribution < 1.29 is 19.7 Å². The molecule has 2 fully saturated rings. The molecule has 5 nitrogen and oxygen atoms in total. The number of rotatable bonds is 5. The normalized spacial score (nSPS) is 39.9. The smallest absolute Gasteiger partial charge is 0.227 e. The predicted molar refractivity (Wildman–Crippen MR) is 135 cm³/mol. The van der Waals surface area contributed by atoms with E-state index in [1.165, 1.54) is 5.57 Å². The lowest BCUT2D eigenvalue weighted by Gasteiger charge is -2.38. The van der Waals surface area contributed by atoms with Crippen LogP contribution in [0.25, 0.3) is 0 Å². The monoisotopic (exact) mass is 465 g/mol. The molecule has 0 saturated carbocycles. The number of nitrogens with one attached hydrogen (secondary N) is 1. The Hall–Kier alpha value is -2.21. The molecule has 2 unspecified atom stereocenters. The highest BCUT2D eigenvalue weighted by Crippen LogP contribution is 2.45. The summed E-state index contributed by atoms with van der Waals surface area (Å²) in [4.78, 5) is 13.4. The van der Waals surface area contributed by atoms with E-state index in [4.69, 9.17) is 4.74 Å². The van der Waals surface area contributed by atoms with Gasteiger partial charge in [0.15, 0.2) is 0 Å². The highest BCUT2D eigenvalue weighted by molar-refractivity contribution is 5.82. The van der Waals surface area contributed by atoms with Crippen LogP contribution < -0.4 is 5.32 Å². The van der Waals surface area contributed by atoms with Crippen molar-refractivity contribution in [2.24, 2.45) is 23.7 Å². The van der Waals surface area contributed by atoms with Gasteiger partial charge in [0.05, 0.1) is 24.2 Å². The minimum atomic E-state index is -1.02. The van der Waals surface area contributed by atoms with Gasteiger partial charge in [-0.2, -0.15) is 0 Å². The maximum absolute atomic E-state index is 13.4. The van der Waals surface area contributed by atoms with Crippen LogP contribution in [-0.2, 0) is 9.53 Å². The lowest BCUT2D eigenvalue weighted by molar-refractivity contribution is -0.130. The number of carbonyl (C=O) groups is 1. The fourth-order valence-electron chi connectivity index (χ4n) is 5.71. The Balaban J connectivity index is 1.58. The number of carbonyl (C=O) groups excluding carboxylic acids is 1. The van der Waals surface area contributed by atoms with Gasteiger partial charge in [-0.3, -0.25) is 4.79 Å². The molecule has 5 heteroatoms. The maximum Gasteiger partial charge on any atom is 0.227 e. The molecule has 34 heavy (non-hydrogen) atoms. The van der Waals surface area contributed by atoms with Crippen LogP contribution in [0.2, 0.25) is 0 Å². The molecule has 0 aromatic heterocycles. The van der Waals surface area contributed by atoms with Gasteiger partial charge in [-0.25, -0.2) is 0 Å². The largest absolute Gasteiger partial charge is 0.390 e. The molecule has 2 heterocycles. The molecule has 1 amide bonds. The van der Waals surface area contributed by atoms with E-state index in [1.54, 1.807) is 0 Å². The second kappa shape index (κ2) is 11.0. The molecule has 0 aromatic rings. The molecule has 2 aliphatic carbocycles. The second-order valence-corrected chi connectivity index (χ2v) is 10.2. The van der Waals surface area contributed by atoms with Gasteiger partial charge in [0, 0.05) is 23.8 Å². The number of allylic oxidation sites excluding steroid dienone is 7. The van der Waals surface area contributed by atoms with Crippen LogP contribution in [0.15, 0.2) is 71.9 Å². The summed E-state index contributed by atoms with van der Waals surface area (Å²) >= 11 is 0. The summed E-state index contributed by atoms with van der Waals surface area (Å²) in [5, 5.41) is 25.3. The average molecular weight is 466 g/mol. The van der Waals surface area contributed by atoms with E-state index < -0.39 is 24.0 Å². The molecular formula is C29H39NO4. The van der Waals surface area contributed by atoms with Gasteiger partial charge in [-0.15, -0.1) is 0 Å². The first kappa shape index (κ1) is 24.9.